The predicted molar refractivity (Wildman–Crippen MR) is 120 cm³/mol. The Labute approximate surface area is 179 Å². The molecule has 0 fully saturated rings. The number of guanidine groups is 1. The van der Waals surface area contributed by atoms with E-state index in [1.54, 1.807) is 14.2 Å². The van der Waals surface area contributed by atoms with E-state index in [1.165, 1.54) is 0 Å². The maximum atomic E-state index is 11.6. The molecular weight excluding hydrogens is 459 g/mol. The quantitative estimate of drug-likeness (QED) is 0.191. The fourth-order valence-electron chi connectivity index (χ4n) is 2.22. The summed E-state index contributed by atoms with van der Waals surface area (Å²) in [6.45, 7) is 6.93. The Bertz CT molecular complexity index is 582. The van der Waals surface area contributed by atoms with Crippen LogP contribution in [0.25, 0.3) is 0 Å². The molecule has 7 nitrogen and oxygen atoms in total. The van der Waals surface area contributed by atoms with Crippen molar-refractivity contribution < 1.29 is 14.3 Å². The van der Waals surface area contributed by atoms with Crippen LogP contribution in [0.2, 0.25) is 0 Å². The van der Waals surface area contributed by atoms with E-state index in [4.69, 9.17) is 9.47 Å². The van der Waals surface area contributed by atoms with Crippen LogP contribution in [-0.2, 0) is 16.1 Å². The Kier molecular flexibility index (Phi) is 14.6. The summed E-state index contributed by atoms with van der Waals surface area (Å²) in [7, 11) is 3.36. The number of carbonyl (C=O) groups is 1. The number of ether oxygens (including phenoxy) is 2. The van der Waals surface area contributed by atoms with Crippen LogP contribution in [0.15, 0.2) is 23.2 Å². The molecule has 1 rings (SSSR count). The number of hydrogen-bond acceptors (Lipinski definition) is 4. The van der Waals surface area contributed by atoms with Crippen molar-refractivity contribution in [2.24, 2.45) is 4.99 Å². The van der Waals surface area contributed by atoms with E-state index in [9.17, 15) is 4.79 Å². The molecule has 0 aromatic heterocycles. The highest BCUT2D eigenvalue weighted by molar-refractivity contribution is 14.0. The van der Waals surface area contributed by atoms with Crippen molar-refractivity contribution in [3.05, 3.63) is 29.3 Å². The molecule has 27 heavy (non-hydrogen) atoms. The Balaban J connectivity index is 0.00000676. The highest BCUT2D eigenvalue weighted by Crippen LogP contribution is 2.20. The Hall–Kier alpha value is -1.55. The van der Waals surface area contributed by atoms with E-state index in [0.29, 0.717) is 45.2 Å². The predicted octanol–water partition coefficient (Wildman–Crippen LogP) is 2.22. The van der Waals surface area contributed by atoms with Gasteiger partial charge in [0.15, 0.2) is 5.96 Å². The van der Waals surface area contributed by atoms with Crippen molar-refractivity contribution in [2.45, 2.75) is 33.2 Å². The number of hydrogen-bond donors (Lipinski definition) is 3. The van der Waals surface area contributed by atoms with Gasteiger partial charge in [-0.1, -0.05) is 19.1 Å². The van der Waals surface area contributed by atoms with Gasteiger partial charge in [-0.25, -0.2) is 0 Å². The van der Waals surface area contributed by atoms with E-state index < -0.39 is 0 Å². The van der Waals surface area contributed by atoms with E-state index in [-0.39, 0.29) is 29.9 Å². The summed E-state index contributed by atoms with van der Waals surface area (Å²) in [6.07, 6.45) is 1.35. The Morgan fingerprint density at radius 3 is 2.59 bits per heavy atom. The second-order valence-electron chi connectivity index (χ2n) is 5.90. The van der Waals surface area contributed by atoms with Crippen molar-refractivity contribution in [2.75, 3.05) is 40.5 Å². The van der Waals surface area contributed by atoms with Gasteiger partial charge >= 0.3 is 0 Å². The molecule has 0 saturated heterocycles. The van der Waals surface area contributed by atoms with E-state index in [2.05, 4.69) is 27.0 Å². The molecule has 0 atom stereocenters. The van der Waals surface area contributed by atoms with Crippen LogP contribution >= 0.6 is 24.0 Å². The summed E-state index contributed by atoms with van der Waals surface area (Å²) in [5.41, 5.74) is 2.18. The average Bonchev–Trinajstić information content (AvgIpc) is 2.64. The lowest BCUT2D eigenvalue weighted by atomic mass is 10.1. The molecule has 0 heterocycles. The smallest absolute Gasteiger partial charge is 0.221 e. The van der Waals surface area contributed by atoms with Crippen LogP contribution in [-0.4, -0.2) is 52.3 Å². The summed E-state index contributed by atoms with van der Waals surface area (Å²) in [5, 5.41) is 9.25. The number of nitrogens with one attached hydrogen (secondary N) is 3. The van der Waals surface area contributed by atoms with Crippen LogP contribution in [0.4, 0.5) is 0 Å². The molecule has 0 radical (unpaired) electrons. The van der Waals surface area contributed by atoms with Crippen LogP contribution in [0.3, 0.4) is 0 Å². The van der Waals surface area contributed by atoms with Crippen molar-refractivity contribution in [3.63, 3.8) is 0 Å². The molecule has 1 aromatic rings. The first-order valence-corrected chi connectivity index (χ1v) is 9.03. The highest BCUT2D eigenvalue weighted by atomic mass is 127. The third-order valence-corrected chi connectivity index (χ3v) is 3.65. The highest BCUT2D eigenvalue weighted by Gasteiger charge is 2.07. The number of amides is 1. The first-order chi connectivity index (χ1) is 12.6. The largest absolute Gasteiger partial charge is 0.491 e. The van der Waals surface area contributed by atoms with Gasteiger partial charge in [0.2, 0.25) is 5.91 Å². The zero-order chi connectivity index (χ0) is 19.2. The molecule has 0 aliphatic rings. The van der Waals surface area contributed by atoms with Gasteiger partial charge in [0, 0.05) is 45.8 Å². The number of aryl methyl sites for hydroxylation is 1. The van der Waals surface area contributed by atoms with E-state index in [1.807, 2.05) is 26.0 Å². The van der Waals surface area contributed by atoms with Gasteiger partial charge in [-0.15, -0.1) is 24.0 Å². The number of carbonyl (C=O) groups excluding carboxylic acids is 1. The molecule has 0 unspecified atom stereocenters. The lowest BCUT2D eigenvalue weighted by Gasteiger charge is -2.15. The fraction of sp³-hybridized carbons (Fsp3) is 0.579. The first kappa shape index (κ1) is 25.4. The van der Waals surface area contributed by atoms with Gasteiger partial charge < -0.3 is 25.4 Å². The van der Waals surface area contributed by atoms with Crippen molar-refractivity contribution in [1.82, 2.24) is 16.0 Å². The zero-order valence-corrected chi connectivity index (χ0v) is 19.1. The number of benzene rings is 1. The second kappa shape index (κ2) is 15.5. The molecular formula is C19H33IN4O3. The summed E-state index contributed by atoms with van der Waals surface area (Å²) in [4.78, 5) is 15.8. The molecule has 0 spiro atoms. The summed E-state index contributed by atoms with van der Waals surface area (Å²) in [5.74, 6) is 1.53. The molecule has 3 N–H and O–H groups in total. The summed E-state index contributed by atoms with van der Waals surface area (Å²) in [6, 6.07) is 6.10. The average molecular weight is 492 g/mol. The molecule has 0 saturated carbocycles. The van der Waals surface area contributed by atoms with E-state index >= 15 is 0 Å². The van der Waals surface area contributed by atoms with Crippen molar-refractivity contribution in [3.8, 4) is 5.75 Å². The maximum Gasteiger partial charge on any atom is 0.221 e. The first-order valence-electron chi connectivity index (χ1n) is 9.03. The molecule has 0 aliphatic carbocycles. The normalized spacial score (nSPS) is 10.7. The Morgan fingerprint density at radius 2 is 1.93 bits per heavy atom. The number of methoxy groups -OCH3 is 1. The number of rotatable bonds is 11. The van der Waals surface area contributed by atoms with Crippen molar-refractivity contribution in [1.29, 1.82) is 0 Å². The van der Waals surface area contributed by atoms with Crippen LogP contribution in [0.5, 0.6) is 5.75 Å². The minimum Gasteiger partial charge on any atom is -0.491 e. The van der Waals surface area contributed by atoms with Gasteiger partial charge in [-0.3, -0.25) is 9.79 Å². The standard InChI is InChI=1S/C19H32N4O3.HI/c1-5-9-21-18(24)8-10-22-19(20-3)23-14-16-7-6-15(2)13-17(16)26-12-11-25-4;/h6-7,13H,5,8-12,14H2,1-4H3,(H,21,24)(H2,20,22,23);1H. The molecule has 1 amide bonds. The maximum absolute atomic E-state index is 11.6. The van der Waals surface area contributed by atoms with Gasteiger partial charge in [-0.2, -0.15) is 0 Å². The lowest BCUT2D eigenvalue weighted by molar-refractivity contribution is -0.120. The van der Waals surface area contributed by atoms with Gasteiger partial charge in [0.25, 0.3) is 0 Å². The lowest BCUT2D eigenvalue weighted by Crippen LogP contribution is -2.39. The monoisotopic (exact) mass is 492 g/mol. The topological polar surface area (TPSA) is 84.0 Å². The summed E-state index contributed by atoms with van der Waals surface area (Å²) >= 11 is 0. The summed E-state index contributed by atoms with van der Waals surface area (Å²) < 4.78 is 10.8. The molecule has 0 aliphatic heterocycles. The van der Waals surface area contributed by atoms with Gasteiger partial charge in [0.05, 0.1) is 6.61 Å². The third kappa shape index (κ3) is 11.0. The number of nitrogens with zero attached hydrogens (tertiary/aromatic N) is 1. The number of halogens is 1. The minimum absolute atomic E-state index is 0. The SMILES string of the molecule is CCCNC(=O)CCNC(=NC)NCc1ccc(C)cc1OCCOC.I. The molecule has 1 aromatic carbocycles. The molecule has 154 valence electrons. The molecule has 0 bridgehead atoms. The number of aliphatic imine (C=N–C) groups is 1. The third-order valence-electron chi connectivity index (χ3n) is 3.65. The molecule has 8 heteroatoms. The van der Waals surface area contributed by atoms with Crippen molar-refractivity contribution >= 4 is 35.8 Å². The fourth-order valence-corrected chi connectivity index (χ4v) is 2.22. The second-order valence-corrected chi connectivity index (χ2v) is 5.90. The minimum atomic E-state index is 0. The van der Waals surface area contributed by atoms with Gasteiger partial charge in [0.1, 0.15) is 12.4 Å². The Morgan fingerprint density at radius 1 is 1.15 bits per heavy atom. The van der Waals surface area contributed by atoms with Crippen LogP contribution in [0.1, 0.15) is 30.9 Å². The zero-order valence-electron chi connectivity index (χ0n) is 16.8. The van der Waals surface area contributed by atoms with Crippen LogP contribution in [0, 0.1) is 6.92 Å². The van der Waals surface area contributed by atoms with Gasteiger partial charge in [-0.05, 0) is 25.0 Å². The van der Waals surface area contributed by atoms with E-state index in [0.717, 1.165) is 23.3 Å². The van der Waals surface area contributed by atoms with Crippen LogP contribution < -0.4 is 20.7 Å².